The Hall–Kier alpha value is -2.24. The topological polar surface area (TPSA) is 63.9 Å². The second kappa shape index (κ2) is 7.11. The Morgan fingerprint density at radius 1 is 1.29 bits per heavy atom. The molecule has 6 heteroatoms. The molecule has 0 bridgehead atoms. The molecular weight excluding hydrogens is 302 g/mol. The number of aryl methyl sites for hydroxylation is 1. The zero-order valence-electron chi connectivity index (χ0n) is 14.7. The van der Waals surface area contributed by atoms with E-state index in [-0.39, 0.29) is 5.91 Å². The summed E-state index contributed by atoms with van der Waals surface area (Å²) in [4.78, 5) is 27.5. The Kier molecular flexibility index (Phi) is 4.92. The monoisotopic (exact) mass is 327 g/mol. The minimum Gasteiger partial charge on any atom is -0.342 e. The number of aromatic nitrogens is 4. The molecular formula is C18H25N5O. The van der Waals surface area contributed by atoms with Crippen LogP contribution in [0.5, 0.6) is 0 Å². The van der Waals surface area contributed by atoms with E-state index in [0.717, 1.165) is 55.3 Å². The lowest BCUT2D eigenvalue weighted by Gasteiger charge is -2.32. The first-order chi connectivity index (χ1) is 11.6. The van der Waals surface area contributed by atoms with Gasteiger partial charge in [-0.15, -0.1) is 0 Å². The number of carbonyl (C=O) groups is 1. The highest BCUT2D eigenvalue weighted by Gasteiger charge is 2.25. The Morgan fingerprint density at radius 2 is 2.08 bits per heavy atom. The van der Waals surface area contributed by atoms with Crippen molar-refractivity contribution in [2.24, 2.45) is 13.0 Å². The molecule has 3 rings (SSSR count). The molecule has 24 heavy (non-hydrogen) atoms. The van der Waals surface area contributed by atoms with Crippen LogP contribution in [0.3, 0.4) is 0 Å². The number of hydrogen-bond acceptors (Lipinski definition) is 4. The number of imidazole rings is 1. The van der Waals surface area contributed by atoms with Gasteiger partial charge in [-0.05, 0) is 32.1 Å². The van der Waals surface area contributed by atoms with E-state index in [0.29, 0.717) is 12.3 Å². The molecule has 0 saturated carbocycles. The van der Waals surface area contributed by atoms with Crippen molar-refractivity contribution in [1.82, 2.24) is 24.4 Å². The van der Waals surface area contributed by atoms with Gasteiger partial charge in [0, 0.05) is 39.0 Å². The predicted octanol–water partition coefficient (Wildman–Crippen LogP) is 2.38. The maximum Gasteiger partial charge on any atom is 0.222 e. The molecule has 1 amide bonds. The fourth-order valence-electron chi connectivity index (χ4n) is 3.41. The van der Waals surface area contributed by atoms with Gasteiger partial charge in [-0.2, -0.15) is 0 Å². The van der Waals surface area contributed by atoms with Crippen LogP contribution >= 0.6 is 0 Å². The summed E-state index contributed by atoms with van der Waals surface area (Å²) < 4.78 is 2.04. The predicted molar refractivity (Wildman–Crippen MR) is 92.3 cm³/mol. The van der Waals surface area contributed by atoms with Crippen molar-refractivity contribution in [3.05, 3.63) is 30.1 Å². The molecule has 1 saturated heterocycles. The quantitative estimate of drug-likeness (QED) is 0.865. The first kappa shape index (κ1) is 16.6. The summed E-state index contributed by atoms with van der Waals surface area (Å²) in [5.41, 5.74) is 2.89. The van der Waals surface area contributed by atoms with Gasteiger partial charge >= 0.3 is 0 Å². The summed E-state index contributed by atoms with van der Waals surface area (Å²) in [6.45, 7) is 5.62. The Morgan fingerprint density at radius 3 is 2.79 bits per heavy atom. The van der Waals surface area contributed by atoms with E-state index in [1.54, 1.807) is 12.4 Å². The summed E-state index contributed by atoms with van der Waals surface area (Å²) >= 11 is 0. The molecule has 0 unspecified atom stereocenters. The van der Waals surface area contributed by atoms with Gasteiger partial charge in [-0.1, -0.05) is 6.92 Å². The van der Waals surface area contributed by atoms with Gasteiger partial charge in [0.15, 0.2) is 0 Å². The number of rotatable bonds is 4. The highest BCUT2D eigenvalue weighted by molar-refractivity contribution is 5.75. The third kappa shape index (κ3) is 3.32. The van der Waals surface area contributed by atoms with Gasteiger partial charge in [0.2, 0.25) is 5.91 Å². The second-order valence-electron chi connectivity index (χ2n) is 6.51. The van der Waals surface area contributed by atoms with Crippen LogP contribution in [0, 0.1) is 12.8 Å². The lowest BCUT2D eigenvalue weighted by atomic mass is 9.92. The van der Waals surface area contributed by atoms with E-state index in [1.165, 1.54) is 0 Å². The van der Waals surface area contributed by atoms with Gasteiger partial charge < -0.3 is 9.47 Å². The van der Waals surface area contributed by atoms with Crippen molar-refractivity contribution < 1.29 is 4.79 Å². The van der Waals surface area contributed by atoms with Crippen LogP contribution in [0.15, 0.2) is 18.6 Å². The molecule has 1 fully saturated rings. The number of carbonyl (C=O) groups excluding carboxylic acids is 1. The molecule has 1 aliphatic rings. The summed E-state index contributed by atoms with van der Waals surface area (Å²) in [6.07, 6.45) is 8.97. The Bertz CT molecular complexity index is 724. The van der Waals surface area contributed by atoms with E-state index in [9.17, 15) is 4.79 Å². The molecule has 0 spiro atoms. The maximum absolute atomic E-state index is 12.0. The highest BCUT2D eigenvalue weighted by Crippen LogP contribution is 2.26. The fourth-order valence-corrected chi connectivity index (χ4v) is 3.41. The normalized spacial score (nSPS) is 18.0. The minimum atomic E-state index is 0.251. The van der Waals surface area contributed by atoms with Crippen LogP contribution in [0.4, 0.5) is 0 Å². The molecule has 128 valence electrons. The van der Waals surface area contributed by atoms with Gasteiger partial charge in [-0.25, -0.2) is 4.98 Å². The van der Waals surface area contributed by atoms with Gasteiger partial charge in [0.25, 0.3) is 0 Å². The summed E-state index contributed by atoms with van der Waals surface area (Å²) in [6, 6.07) is 0. The second-order valence-corrected chi connectivity index (χ2v) is 6.51. The fraction of sp³-hybridized carbons (Fsp3) is 0.556. The highest BCUT2D eigenvalue weighted by atomic mass is 16.2. The van der Waals surface area contributed by atoms with Gasteiger partial charge in [0.05, 0.1) is 17.6 Å². The number of amides is 1. The zero-order valence-corrected chi connectivity index (χ0v) is 14.7. The van der Waals surface area contributed by atoms with Crippen molar-refractivity contribution in [2.45, 2.75) is 39.5 Å². The van der Waals surface area contributed by atoms with E-state index in [1.807, 2.05) is 36.6 Å². The van der Waals surface area contributed by atoms with Crippen molar-refractivity contribution in [3.8, 4) is 11.4 Å². The van der Waals surface area contributed by atoms with Crippen LogP contribution in [0.2, 0.25) is 0 Å². The van der Waals surface area contributed by atoms with E-state index >= 15 is 0 Å². The smallest absolute Gasteiger partial charge is 0.222 e. The zero-order chi connectivity index (χ0) is 17.1. The largest absolute Gasteiger partial charge is 0.342 e. The van der Waals surface area contributed by atoms with Gasteiger partial charge in [0.1, 0.15) is 11.5 Å². The van der Waals surface area contributed by atoms with Crippen molar-refractivity contribution >= 4 is 5.91 Å². The third-order valence-electron chi connectivity index (χ3n) is 4.89. The van der Waals surface area contributed by atoms with Crippen LogP contribution in [-0.4, -0.2) is 43.4 Å². The van der Waals surface area contributed by atoms with E-state index in [2.05, 4.69) is 15.0 Å². The third-order valence-corrected chi connectivity index (χ3v) is 4.89. The molecule has 0 N–H and O–H groups in total. The summed E-state index contributed by atoms with van der Waals surface area (Å²) in [5.74, 6) is 1.65. The minimum absolute atomic E-state index is 0.251. The van der Waals surface area contributed by atoms with Gasteiger partial charge in [-0.3, -0.25) is 14.8 Å². The Labute approximate surface area is 142 Å². The SMILES string of the molecule is CCC(=O)N1CCC[C@@H](Cc2nccnc2-c2cnc(C)n2C)C1. The van der Waals surface area contributed by atoms with E-state index < -0.39 is 0 Å². The first-order valence-electron chi connectivity index (χ1n) is 8.66. The molecule has 2 aromatic rings. The number of nitrogens with zero attached hydrogens (tertiary/aromatic N) is 5. The standard InChI is InChI=1S/C18H25N5O/c1-4-17(24)23-9-5-6-14(12-23)10-15-18(20-8-7-19-15)16-11-21-13(2)22(16)3/h7-8,11,14H,4-6,9-10,12H2,1-3H3/t14-/m0/s1. The molecule has 2 aromatic heterocycles. The maximum atomic E-state index is 12.0. The average Bonchev–Trinajstić information content (AvgIpc) is 2.94. The van der Waals surface area contributed by atoms with Crippen molar-refractivity contribution in [2.75, 3.05) is 13.1 Å². The lowest BCUT2D eigenvalue weighted by molar-refractivity contribution is -0.132. The van der Waals surface area contributed by atoms with Crippen LogP contribution < -0.4 is 0 Å². The molecule has 0 radical (unpaired) electrons. The number of piperidine rings is 1. The Balaban J connectivity index is 1.81. The van der Waals surface area contributed by atoms with E-state index in [4.69, 9.17) is 0 Å². The number of likely N-dealkylation sites (tertiary alicyclic amines) is 1. The molecule has 6 nitrogen and oxygen atoms in total. The van der Waals surface area contributed by atoms with Crippen molar-refractivity contribution in [3.63, 3.8) is 0 Å². The summed E-state index contributed by atoms with van der Waals surface area (Å²) in [5, 5.41) is 0. The van der Waals surface area contributed by atoms with Crippen molar-refractivity contribution in [1.29, 1.82) is 0 Å². The van der Waals surface area contributed by atoms with Crippen LogP contribution in [-0.2, 0) is 18.3 Å². The molecule has 0 aliphatic carbocycles. The lowest BCUT2D eigenvalue weighted by Crippen LogP contribution is -2.40. The summed E-state index contributed by atoms with van der Waals surface area (Å²) in [7, 11) is 2.00. The first-order valence-corrected chi connectivity index (χ1v) is 8.66. The molecule has 1 atom stereocenters. The van der Waals surface area contributed by atoms with Crippen LogP contribution in [0.25, 0.3) is 11.4 Å². The van der Waals surface area contributed by atoms with Crippen LogP contribution in [0.1, 0.15) is 37.7 Å². The average molecular weight is 327 g/mol. The number of hydrogen-bond donors (Lipinski definition) is 0. The molecule has 3 heterocycles. The molecule has 0 aromatic carbocycles. The molecule has 1 aliphatic heterocycles.